The molecule has 1 aliphatic heterocycles. The van der Waals surface area contributed by atoms with Crippen molar-refractivity contribution in [3.05, 3.63) is 58.7 Å². The van der Waals surface area contributed by atoms with Gasteiger partial charge in [0.25, 0.3) is 0 Å². The van der Waals surface area contributed by atoms with E-state index >= 15 is 0 Å². The number of esters is 1. The fourth-order valence-electron chi connectivity index (χ4n) is 1.73. The Morgan fingerprint density at radius 3 is 2.50 bits per heavy atom. The van der Waals surface area contributed by atoms with E-state index in [1.807, 2.05) is 30.2 Å². The van der Waals surface area contributed by atoms with Crippen LogP contribution in [-0.2, 0) is 37.5 Å². The van der Waals surface area contributed by atoms with E-state index in [9.17, 15) is 4.79 Å². The molecule has 0 amide bonds. The summed E-state index contributed by atoms with van der Waals surface area (Å²) in [7, 11) is 1.93. The summed E-state index contributed by atoms with van der Waals surface area (Å²) in [6.45, 7) is 5.37. The molecule has 0 atom stereocenters. The molecule has 1 aromatic rings. The second kappa shape index (κ2) is 7.34. The summed E-state index contributed by atoms with van der Waals surface area (Å²) in [6.07, 6.45) is 5.04. The number of benzene rings is 1. The van der Waals surface area contributed by atoms with E-state index in [0.29, 0.717) is 5.75 Å². The van der Waals surface area contributed by atoms with Gasteiger partial charge < -0.3 is 9.64 Å². The maximum absolute atomic E-state index is 10.9. The Hall–Kier alpha value is -0.706. The molecule has 0 N–H and O–H groups in total. The molecule has 5 heteroatoms. The van der Waals surface area contributed by atoms with Gasteiger partial charge in [-0.25, -0.2) is 0 Å². The summed E-state index contributed by atoms with van der Waals surface area (Å²) < 4.78 is 5.91. The first-order valence-corrected chi connectivity index (χ1v) is 6.49. The average molecular weight is 408 g/mol. The number of likely N-dealkylation sites (N-methyl/N-ethyl adjacent to an activating group) is 1. The first-order chi connectivity index (χ1) is 8.99. The van der Waals surface area contributed by atoms with Crippen molar-refractivity contribution < 1.29 is 42.2 Å². The summed E-state index contributed by atoms with van der Waals surface area (Å²) in [4.78, 5) is 12.8. The van der Waals surface area contributed by atoms with Crippen LogP contribution in [0.15, 0.2) is 47.1 Å². The first-order valence-electron chi connectivity index (χ1n) is 5.70. The number of rotatable bonds is 2. The van der Waals surface area contributed by atoms with E-state index in [1.165, 1.54) is 6.92 Å². The minimum absolute atomic E-state index is 0. The molecule has 0 bridgehead atoms. The second-order valence-corrected chi connectivity index (χ2v) is 4.96. The molecular weight excluding hydrogens is 395 g/mol. The average Bonchev–Trinajstić information content (AvgIpc) is 2.37. The van der Waals surface area contributed by atoms with Crippen LogP contribution in [0.1, 0.15) is 12.5 Å². The largest absolute Gasteiger partial charge is 0.427 e. The fourth-order valence-corrected chi connectivity index (χ4v) is 2.11. The summed E-state index contributed by atoms with van der Waals surface area (Å²) in [5, 5.41) is 0. The normalized spacial score (nSPS) is 14.2. The summed E-state index contributed by atoms with van der Waals surface area (Å²) in [5.74, 6) is 0.208. The molecule has 0 aliphatic carbocycles. The third-order valence-corrected chi connectivity index (χ3v) is 3.43. The van der Waals surface area contributed by atoms with E-state index in [4.69, 9.17) is 4.74 Å². The summed E-state index contributed by atoms with van der Waals surface area (Å²) in [5.41, 5.74) is 2.77. The van der Waals surface area contributed by atoms with Gasteiger partial charge in [-0.2, -0.15) is 12.2 Å². The standard InChI is InChI=1S/C15H13BrNO2.Y/c1-10-14(16)8-9-15(17(10)3)12-4-6-13(7-5-12)19-11(2)18;/h4-8H,1H2,2-3H3;/q-1;. The topological polar surface area (TPSA) is 29.5 Å². The van der Waals surface area contributed by atoms with Gasteiger partial charge >= 0.3 is 5.97 Å². The number of carbonyl (C=O) groups is 1. The molecule has 1 aromatic carbocycles. The van der Waals surface area contributed by atoms with Gasteiger partial charge in [0, 0.05) is 46.7 Å². The van der Waals surface area contributed by atoms with Crippen molar-refractivity contribution in [1.29, 1.82) is 0 Å². The Labute approximate surface area is 152 Å². The summed E-state index contributed by atoms with van der Waals surface area (Å²) in [6, 6.07) is 7.29. The predicted octanol–water partition coefficient (Wildman–Crippen LogP) is 3.49. The van der Waals surface area contributed by atoms with Crippen molar-refractivity contribution in [2.75, 3.05) is 7.05 Å². The number of carbonyl (C=O) groups excluding carboxylic acids is 1. The van der Waals surface area contributed by atoms with Gasteiger partial charge in [0.2, 0.25) is 0 Å². The second-order valence-electron chi connectivity index (χ2n) is 4.11. The predicted molar refractivity (Wildman–Crippen MR) is 78.3 cm³/mol. The molecule has 1 radical (unpaired) electrons. The van der Waals surface area contributed by atoms with Gasteiger partial charge in [0.15, 0.2) is 0 Å². The number of ether oxygens (including phenoxy) is 1. The molecule has 0 saturated heterocycles. The third-order valence-electron chi connectivity index (χ3n) is 2.74. The van der Waals surface area contributed by atoms with Gasteiger partial charge in [0.05, 0.1) is 0 Å². The van der Waals surface area contributed by atoms with E-state index in [1.54, 1.807) is 12.1 Å². The van der Waals surface area contributed by atoms with Crippen molar-refractivity contribution in [3.8, 4) is 5.75 Å². The number of nitrogens with zero attached hydrogens (tertiary/aromatic N) is 1. The molecule has 101 valence electrons. The first kappa shape index (κ1) is 17.3. The van der Waals surface area contributed by atoms with Crippen LogP contribution >= 0.6 is 15.9 Å². The number of hydrogen-bond donors (Lipinski definition) is 0. The van der Waals surface area contributed by atoms with E-state index in [2.05, 4.69) is 28.6 Å². The number of allylic oxidation sites excluding steroid dienone is 3. The van der Waals surface area contributed by atoms with Crippen molar-refractivity contribution in [2.24, 2.45) is 0 Å². The molecule has 20 heavy (non-hydrogen) atoms. The Bertz CT molecular complexity index is 590. The van der Waals surface area contributed by atoms with Gasteiger partial charge in [-0.15, -0.1) is 28.1 Å². The van der Waals surface area contributed by atoms with Crippen molar-refractivity contribution in [2.45, 2.75) is 6.92 Å². The van der Waals surface area contributed by atoms with Crippen LogP contribution in [0, 0.1) is 6.08 Å². The van der Waals surface area contributed by atoms with Crippen molar-refractivity contribution >= 4 is 27.6 Å². The Balaban J connectivity index is 0.00000200. The van der Waals surface area contributed by atoms with E-state index in [0.717, 1.165) is 21.4 Å². The van der Waals surface area contributed by atoms with Crippen LogP contribution in [0.4, 0.5) is 0 Å². The van der Waals surface area contributed by atoms with Gasteiger partial charge in [-0.3, -0.25) is 4.79 Å². The third kappa shape index (κ3) is 3.90. The maximum atomic E-state index is 10.9. The van der Waals surface area contributed by atoms with E-state index in [-0.39, 0.29) is 38.7 Å². The number of halogens is 1. The van der Waals surface area contributed by atoms with Crippen molar-refractivity contribution in [1.82, 2.24) is 4.90 Å². The molecule has 1 heterocycles. The van der Waals surface area contributed by atoms with Crippen LogP contribution < -0.4 is 4.74 Å². The van der Waals surface area contributed by atoms with Gasteiger partial charge in [-0.1, -0.05) is 22.3 Å². The zero-order valence-corrected chi connectivity index (χ0v) is 15.7. The van der Waals surface area contributed by atoms with Crippen LogP contribution in [0.25, 0.3) is 5.70 Å². The Kier molecular flexibility index (Phi) is 6.37. The minimum Gasteiger partial charge on any atom is -0.427 e. The molecule has 1 aliphatic rings. The molecule has 0 fully saturated rings. The van der Waals surface area contributed by atoms with Gasteiger partial charge in [-0.05, 0) is 17.8 Å². The fraction of sp³-hybridized carbons (Fsp3) is 0.133. The zero-order chi connectivity index (χ0) is 14.0. The molecule has 0 unspecified atom stereocenters. The maximum Gasteiger partial charge on any atom is 0.308 e. The quantitative estimate of drug-likeness (QED) is 0.427. The molecular formula is C15H13BrNO2Y-. The smallest absolute Gasteiger partial charge is 0.308 e. The van der Waals surface area contributed by atoms with Crippen LogP contribution in [-0.4, -0.2) is 17.9 Å². The molecule has 0 saturated carbocycles. The molecule has 0 spiro atoms. The summed E-state index contributed by atoms with van der Waals surface area (Å²) >= 11 is 3.42. The molecule has 2 rings (SSSR count). The number of hydrogen-bond acceptors (Lipinski definition) is 3. The van der Waals surface area contributed by atoms with Gasteiger partial charge in [0.1, 0.15) is 5.75 Å². The van der Waals surface area contributed by atoms with E-state index < -0.39 is 0 Å². The van der Waals surface area contributed by atoms with Crippen LogP contribution in [0.3, 0.4) is 0 Å². The molecule has 3 nitrogen and oxygen atoms in total. The minimum atomic E-state index is -0.325. The monoisotopic (exact) mass is 407 g/mol. The SMILES string of the molecule is C=C1C(Br)=C[C-]=C(c2ccc(OC(C)=O)cc2)N1C.[Y]. The van der Waals surface area contributed by atoms with Crippen LogP contribution in [0.2, 0.25) is 0 Å². The Morgan fingerprint density at radius 1 is 1.35 bits per heavy atom. The molecule has 0 aromatic heterocycles. The Morgan fingerprint density at radius 2 is 1.95 bits per heavy atom. The van der Waals surface area contributed by atoms with Crippen LogP contribution in [0.5, 0.6) is 5.75 Å². The zero-order valence-electron chi connectivity index (χ0n) is 11.3. The van der Waals surface area contributed by atoms with Crippen molar-refractivity contribution in [3.63, 3.8) is 0 Å².